The number of rotatable bonds is 5. The molecule has 1 atom stereocenters. The number of ether oxygens (including phenoxy) is 2. The van der Waals surface area contributed by atoms with Crippen LogP contribution in [-0.2, 0) is 9.47 Å². The molecule has 2 heteroatoms. The molecular formula is C15H26O2. The molecule has 0 bridgehead atoms. The summed E-state index contributed by atoms with van der Waals surface area (Å²) in [4.78, 5) is 0. The summed E-state index contributed by atoms with van der Waals surface area (Å²) in [7, 11) is 0. The smallest absolute Gasteiger partial charge is 0.252 e. The highest BCUT2D eigenvalue weighted by molar-refractivity contribution is 4.89. The van der Waals surface area contributed by atoms with Gasteiger partial charge in [0.25, 0.3) is 5.79 Å². The lowest BCUT2D eigenvalue weighted by Gasteiger charge is -2.44. The Balaban J connectivity index is 2.86. The highest BCUT2D eigenvalue weighted by Gasteiger charge is 2.45. The van der Waals surface area contributed by atoms with Crippen LogP contribution < -0.4 is 0 Å². The van der Waals surface area contributed by atoms with E-state index in [1.807, 2.05) is 0 Å². The van der Waals surface area contributed by atoms with Crippen LogP contribution in [-0.4, -0.2) is 5.79 Å². The largest absolute Gasteiger partial charge is 0.460 e. The third-order valence-corrected chi connectivity index (χ3v) is 3.37. The van der Waals surface area contributed by atoms with Crippen molar-refractivity contribution in [3.63, 3.8) is 0 Å². The van der Waals surface area contributed by atoms with E-state index >= 15 is 0 Å². The van der Waals surface area contributed by atoms with Crippen LogP contribution >= 0.6 is 0 Å². The lowest BCUT2D eigenvalue weighted by atomic mass is 9.74. The van der Waals surface area contributed by atoms with Gasteiger partial charge in [-0.05, 0) is 24.7 Å². The summed E-state index contributed by atoms with van der Waals surface area (Å²) >= 11 is 0. The third-order valence-electron chi connectivity index (χ3n) is 3.37. The van der Waals surface area contributed by atoms with E-state index in [-0.39, 0.29) is 5.41 Å². The third kappa shape index (κ3) is 3.79. The van der Waals surface area contributed by atoms with Crippen molar-refractivity contribution in [2.45, 2.75) is 58.7 Å². The van der Waals surface area contributed by atoms with Crippen LogP contribution in [0.5, 0.6) is 0 Å². The maximum atomic E-state index is 5.74. The SMILES string of the molecule is C=COC1(OC=C)CCCCC1CC(C)(C)C. The van der Waals surface area contributed by atoms with Gasteiger partial charge in [0.05, 0.1) is 12.5 Å². The first-order valence-corrected chi connectivity index (χ1v) is 6.51. The molecule has 0 aromatic carbocycles. The Kier molecular flexibility index (Phi) is 4.67. The molecule has 0 spiro atoms. The standard InChI is InChI=1S/C15H26O2/c1-6-16-15(17-7-2)11-9-8-10-13(15)12-14(3,4)5/h6-7,13H,1-2,8-12H2,3-5H3. The Bertz CT molecular complexity index is 253. The molecule has 0 radical (unpaired) electrons. The fraction of sp³-hybridized carbons (Fsp3) is 0.733. The lowest BCUT2D eigenvalue weighted by molar-refractivity contribution is -0.230. The van der Waals surface area contributed by atoms with Gasteiger partial charge in [-0.1, -0.05) is 40.3 Å². The summed E-state index contributed by atoms with van der Waals surface area (Å²) in [6.45, 7) is 14.1. The van der Waals surface area contributed by atoms with E-state index in [2.05, 4.69) is 33.9 Å². The average molecular weight is 238 g/mol. The molecule has 0 aromatic rings. The number of hydrogen-bond acceptors (Lipinski definition) is 2. The van der Waals surface area contributed by atoms with Gasteiger partial charge in [0, 0.05) is 12.3 Å². The maximum absolute atomic E-state index is 5.74. The number of hydrogen-bond donors (Lipinski definition) is 0. The van der Waals surface area contributed by atoms with Gasteiger partial charge >= 0.3 is 0 Å². The fourth-order valence-corrected chi connectivity index (χ4v) is 2.80. The molecule has 0 aromatic heterocycles. The first kappa shape index (κ1) is 14.1. The van der Waals surface area contributed by atoms with E-state index in [0.717, 1.165) is 25.7 Å². The zero-order valence-electron chi connectivity index (χ0n) is 11.5. The summed E-state index contributed by atoms with van der Waals surface area (Å²) < 4.78 is 11.5. The molecule has 2 nitrogen and oxygen atoms in total. The minimum Gasteiger partial charge on any atom is -0.460 e. The summed E-state index contributed by atoms with van der Waals surface area (Å²) in [5.74, 6) is -0.123. The molecule has 1 aliphatic rings. The van der Waals surface area contributed by atoms with Crippen molar-refractivity contribution in [1.29, 1.82) is 0 Å². The Labute approximate surface area is 106 Å². The van der Waals surface area contributed by atoms with E-state index in [0.29, 0.717) is 5.92 Å². The summed E-state index contributed by atoms with van der Waals surface area (Å²) in [6.07, 6.45) is 8.57. The van der Waals surface area contributed by atoms with Gasteiger partial charge in [0.15, 0.2) is 0 Å². The van der Waals surface area contributed by atoms with Crippen molar-refractivity contribution in [3.05, 3.63) is 25.7 Å². The highest BCUT2D eigenvalue weighted by Crippen LogP contribution is 2.43. The van der Waals surface area contributed by atoms with Crippen LogP contribution in [0.2, 0.25) is 0 Å². The average Bonchev–Trinajstić information content (AvgIpc) is 2.20. The first-order chi connectivity index (χ1) is 7.93. The van der Waals surface area contributed by atoms with E-state index in [9.17, 15) is 0 Å². The molecule has 1 rings (SSSR count). The second-order valence-electron chi connectivity index (χ2n) is 6.09. The molecule has 1 aliphatic carbocycles. The van der Waals surface area contributed by atoms with E-state index < -0.39 is 5.79 Å². The summed E-state index contributed by atoms with van der Waals surface area (Å²) in [5, 5.41) is 0. The van der Waals surface area contributed by atoms with Crippen LogP contribution in [0.15, 0.2) is 25.7 Å². The van der Waals surface area contributed by atoms with Crippen molar-refractivity contribution in [2.24, 2.45) is 11.3 Å². The van der Waals surface area contributed by atoms with Gasteiger partial charge < -0.3 is 9.47 Å². The van der Waals surface area contributed by atoms with Crippen molar-refractivity contribution in [1.82, 2.24) is 0 Å². The molecule has 1 unspecified atom stereocenters. The normalized spacial score (nSPS) is 23.8. The Hall–Kier alpha value is -0.920. The Morgan fingerprint density at radius 3 is 2.24 bits per heavy atom. The highest BCUT2D eigenvalue weighted by atomic mass is 16.7. The molecule has 17 heavy (non-hydrogen) atoms. The van der Waals surface area contributed by atoms with Crippen molar-refractivity contribution < 1.29 is 9.47 Å². The zero-order chi connectivity index (χ0) is 12.9. The van der Waals surface area contributed by atoms with Crippen molar-refractivity contribution in [3.8, 4) is 0 Å². The van der Waals surface area contributed by atoms with Crippen LogP contribution in [0, 0.1) is 11.3 Å². The molecule has 1 saturated carbocycles. The first-order valence-electron chi connectivity index (χ1n) is 6.51. The van der Waals surface area contributed by atoms with Gasteiger partial charge in [0.1, 0.15) is 0 Å². The monoisotopic (exact) mass is 238 g/mol. The van der Waals surface area contributed by atoms with Gasteiger partial charge in [-0.25, -0.2) is 0 Å². The van der Waals surface area contributed by atoms with Crippen molar-refractivity contribution >= 4 is 0 Å². The molecule has 0 heterocycles. The van der Waals surface area contributed by atoms with Gasteiger partial charge in [-0.2, -0.15) is 0 Å². The molecule has 0 aliphatic heterocycles. The van der Waals surface area contributed by atoms with Crippen molar-refractivity contribution in [2.75, 3.05) is 0 Å². The molecule has 98 valence electrons. The predicted octanol–water partition coefficient (Wildman–Crippen LogP) is 4.63. The quantitative estimate of drug-likeness (QED) is 0.513. The van der Waals surface area contributed by atoms with E-state index in [1.54, 1.807) is 0 Å². The van der Waals surface area contributed by atoms with Crippen LogP contribution in [0.4, 0.5) is 0 Å². The van der Waals surface area contributed by atoms with Crippen LogP contribution in [0.3, 0.4) is 0 Å². The van der Waals surface area contributed by atoms with Gasteiger partial charge in [0.2, 0.25) is 0 Å². The Morgan fingerprint density at radius 1 is 1.18 bits per heavy atom. The van der Waals surface area contributed by atoms with Gasteiger partial charge in [-0.15, -0.1) is 0 Å². The summed E-state index contributed by atoms with van der Waals surface area (Å²) in [6, 6.07) is 0. The predicted molar refractivity (Wildman–Crippen MR) is 71.3 cm³/mol. The molecule has 1 fully saturated rings. The van der Waals surface area contributed by atoms with Crippen LogP contribution in [0.1, 0.15) is 52.9 Å². The Morgan fingerprint density at radius 2 is 1.76 bits per heavy atom. The minimum absolute atomic E-state index is 0.280. The minimum atomic E-state index is -0.533. The maximum Gasteiger partial charge on any atom is 0.252 e. The molecule has 0 amide bonds. The summed E-state index contributed by atoms with van der Waals surface area (Å²) in [5.41, 5.74) is 0.280. The molecule has 0 N–H and O–H groups in total. The van der Waals surface area contributed by atoms with Gasteiger partial charge in [-0.3, -0.25) is 0 Å². The van der Waals surface area contributed by atoms with E-state index in [1.165, 1.54) is 18.9 Å². The van der Waals surface area contributed by atoms with Crippen LogP contribution in [0.25, 0.3) is 0 Å². The topological polar surface area (TPSA) is 18.5 Å². The fourth-order valence-electron chi connectivity index (χ4n) is 2.80. The van der Waals surface area contributed by atoms with E-state index in [4.69, 9.17) is 9.47 Å². The molecule has 0 saturated heterocycles. The zero-order valence-corrected chi connectivity index (χ0v) is 11.5. The molecular weight excluding hydrogens is 212 g/mol. The lowest BCUT2D eigenvalue weighted by Crippen LogP contribution is -2.45. The second kappa shape index (κ2) is 5.61. The second-order valence-corrected chi connectivity index (χ2v) is 6.09.